The number of nitrogens with one attached hydrogen (secondary N) is 1. The zero-order valence-corrected chi connectivity index (χ0v) is 15.6. The molecule has 1 aromatic carbocycles. The van der Waals surface area contributed by atoms with E-state index in [1.807, 2.05) is 6.07 Å². The maximum Gasteiger partial charge on any atom is 0.243 e. The van der Waals surface area contributed by atoms with Gasteiger partial charge in [-0.15, -0.1) is 0 Å². The van der Waals surface area contributed by atoms with Gasteiger partial charge < -0.3 is 10.1 Å². The summed E-state index contributed by atoms with van der Waals surface area (Å²) in [5.74, 6) is -0.181. The van der Waals surface area contributed by atoms with Crippen molar-refractivity contribution < 1.29 is 17.9 Å². The highest BCUT2D eigenvalue weighted by Gasteiger charge is 2.30. The first-order chi connectivity index (χ1) is 13.0. The molecule has 4 rings (SSSR count). The Kier molecular flexibility index (Phi) is 4.94. The van der Waals surface area contributed by atoms with Crippen molar-refractivity contribution in [2.45, 2.75) is 30.3 Å². The molecule has 27 heavy (non-hydrogen) atoms. The number of ether oxygens (including phenoxy) is 1. The van der Waals surface area contributed by atoms with Gasteiger partial charge in [0, 0.05) is 13.1 Å². The van der Waals surface area contributed by atoms with Crippen molar-refractivity contribution in [2.75, 3.05) is 26.3 Å². The quantitative estimate of drug-likeness (QED) is 0.775. The Hall–Kier alpha value is -2.30. The second kappa shape index (κ2) is 7.37. The average molecular weight is 391 g/mol. The number of rotatable bonds is 5. The van der Waals surface area contributed by atoms with Crippen molar-refractivity contribution in [3.63, 3.8) is 0 Å². The minimum absolute atomic E-state index is 0.0810. The lowest BCUT2D eigenvalue weighted by Gasteiger charge is -2.26. The van der Waals surface area contributed by atoms with E-state index >= 15 is 0 Å². The smallest absolute Gasteiger partial charge is 0.243 e. The van der Waals surface area contributed by atoms with Gasteiger partial charge in [-0.05, 0) is 36.1 Å². The summed E-state index contributed by atoms with van der Waals surface area (Å²) in [6, 6.07) is 5.01. The predicted molar refractivity (Wildman–Crippen MR) is 95.2 cm³/mol. The Labute approximate surface area is 157 Å². The molecule has 0 saturated carbocycles. The second-order valence-corrected chi connectivity index (χ2v) is 8.57. The van der Waals surface area contributed by atoms with Crippen molar-refractivity contribution in [2.24, 2.45) is 0 Å². The number of sulfonamides is 1. The number of carbonyl (C=O) groups is 1. The summed E-state index contributed by atoms with van der Waals surface area (Å²) < 4.78 is 33.9. The molecule has 1 unspecified atom stereocenters. The predicted octanol–water partition coefficient (Wildman–Crippen LogP) is 0.103. The molecular weight excluding hydrogens is 370 g/mol. The molecule has 1 saturated heterocycles. The van der Waals surface area contributed by atoms with Gasteiger partial charge >= 0.3 is 0 Å². The van der Waals surface area contributed by atoms with Crippen LogP contribution >= 0.6 is 0 Å². The van der Waals surface area contributed by atoms with Gasteiger partial charge in [-0.1, -0.05) is 6.07 Å². The van der Waals surface area contributed by atoms with E-state index in [1.54, 1.807) is 12.1 Å². The molecule has 1 atom stereocenters. The molecule has 144 valence electrons. The number of amides is 1. The number of fused-ring (bicyclic) bond motifs is 1. The zero-order valence-electron chi connectivity index (χ0n) is 14.7. The highest BCUT2D eigenvalue weighted by atomic mass is 32.2. The van der Waals surface area contributed by atoms with Crippen molar-refractivity contribution in [1.82, 2.24) is 24.4 Å². The minimum atomic E-state index is -3.56. The van der Waals surface area contributed by atoms with Gasteiger partial charge in [-0.3, -0.25) is 4.79 Å². The summed E-state index contributed by atoms with van der Waals surface area (Å²) in [4.78, 5) is 16.3. The monoisotopic (exact) mass is 391 g/mol. The Morgan fingerprint density at radius 1 is 1.30 bits per heavy atom. The fraction of sp³-hybridized carbons (Fsp3) is 0.471. The van der Waals surface area contributed by atoms with E-state index in [0.29, 0.717) is 26.3 Å². The van der Waals surface area contributed by atoms with Gasteiger partial charge in [0.05, 0.1) is 24.2 Å². The van der Waals surface area contributed by atoms with E-state index in [9.17, 15) is 13.2 Å². The summed E-state index contributed by atoms with van der Waals surface area (Å²) in [6.45, 7) is 1.61. The van der Waals surface area contributed by atoms with Crippen LogP contribution in [-0.2, 0) is 32.5 Å². The van der Waals surface area contributed by atoms with E-state index in [-0.39, 0.29) is 23.4 Å². The van der Waals surface area contributed by atoms with Crippen LogP contribution in [0.1, 0.15) is 23.6 Å². The molecule has 1 aromatic heterocycles. The van der Waals surface area contributed by atoms with E-state index in [1.165, 1.54) is 21.6 Å². The number of aromatic nitrogens is 3. The van der Waals surface area contributed by atoms with Crippen molar-refractivity contribution in [3.05, 3.63) is 42.0 Å². The van der Waals surface area contributed by atoms with Gasteiger partial charge in [0.1, 0.15) is 19.2 Å². The molecule has 1 amide bonds. The van der Waals surface area contributed by atoms with Gasteiger partial charge in [0.25, 0.3) is 0 Å². The lowest BCUT2D eigenvalue weighted by Crippen LogP contribution is -2.40. The summed E-state index contributed by atoms with van der Waals surface area (Å²) in [6.07, 6.45) is 4.41. The second-order valence-electron chi connectivity index (χ2n) is 6.63. The van der Waals surface area contributed by atoms with Crippen molar-refractivity contribution in [1.29, 1.82) is 0 Å². The number of carbonyl (C=O) groups excluding carboxylic acids is 1. The van der Waals surface area contributed by atoms with Gasteiger partial charge in [-0.25, -0.2) is 18.1 Å². The molecule has 1 aliphatic carbocycles. The largest absolute Gasteiger partial charge is 0.379 e. The molecule has 10 heteroatoms. The van der Waals surface area contributed by atoms with Crippen LogP contribution < -0.4 is 5.32 Å². The molecular formula is C17H21N5O4S. The molecule has 2 heterocycles. The normalized spacial score (nSPS) is 20.4. The number of nitrogens with zero attached hydrogens (tertiary/aromatic N) is 4. The highest BCUT2D eigenvalue weighted by Crippen LogP contribution is 2.33. The van der Waals surface area contributed by atoms with E-state index in [4.69, 9.17) is 4.74 Å². The highest BCUT2D eigenvalue weighted by molar-refractivity contribution is 7.89. The molecule has 0 bridgehead atoms. The molecule has 0 radical (unpaired) electrons. The number of morpholine rings is 1. The standard InChI is InChI=1S/C17H21N5O4S/c23-17(10-21-12-18-11-19-21)20-16-4-2-13-1-3-14(9-15(13)16)27(24,25)22-5-7-26-8-6-22/h1,3,9,11-12,16H,2,4-8,10H2,(H,20,23). The van der Waals surface area contributed by atoms with Crippen LogP contribution in [0.2, 0.25) is 0 Å². The summed E-state index contributed by atoms with van der Waals surface area (Å²) >= 11 is 0. The van der Waals surface area contributed by atoms with Crippen LogP contribution in [-0.4, -0.2) is 59.7 Å². The van der Waals surface area contributed by atoms with Crippen LogP contribution in [0.3, 0.4) is 0 Å². The number of hydrogen-bond acceptors (Lipinski definition) is 6. The van der Waals surface area contributed by atoms with Gasteiger partial charge in [0.15, 0.2) is 0 Å². The molecule has 9 nitrogen and oxygen atoms in total. The SMILES string of the molecule is O=C(Cn1cncn1)NC1CCc2ccc(S(=O)(=O)N3CCOCC3)cc21. The minimum Gasteiger partial charge on any atom is -0.379 e. The third-order valence-corrected chi connectivity index (χ3v) is 6.80. The van der Waals surface area contributed by atoms with Crippen LogP contribution in [0.15, 0.2) is 35.7 Å². The van der Waals surface area contributed by atoms with E-state index in [0.717, 1.165) is 24.0 Å². The summed E-state index contributed by atoms with van der Waals surface area (Å²) in [7, 11) is -3.56. The summed E-state index contributed by atoms with van der Waals surface area (Å²) in [5, 5.41) is 6.90. The molecule has 0 spiro atoms. The molecule has 2 aromatic rings. The van der Waals surface area contributed by atoms with E-state index in [2.05, 4.69) is 15.4 Å². The number of hydrogen-bond donors (Lipinski definition) is 1. The molecule has 1 aliphatic heterocycles. The maximum atomic E-state index is 12.9. The number of benzene rings is 1. The van der Waals surface area contributed by atoms with Crippen LogP contribution in [0, 0.1) is 0 Å². The van der Waals surface area contributed by atoms with Crippen LogP contribution in [0.4, 0.5) is 0 Å². The lowest BCUT2D eigenvalue weighted by molar-refractivity contribution is -0.122. The fourth-order valence-electron chi connectivity index (χ4n) is 3.53. The lowest BCUT2D eigenvalue weighted by atomic mass is 10.1. The summed E-state index contributed by atoms with van der Waals surface area (Å²) in [5.41, 5.74) is 1.94. The van der Waals surface area contributed by atoms with Gasteiger partial charge in [-0.2, -0.15) is 9.40 Å². The number of aryl methyl sites for hydroxylation is 1. The third-order valence-electron chi connectivity index (χ3n) is 4.91. The first-order valence-corrected chi connectivity index (χ1v) is 10.3. The van der Waals surface area contributed by atoms with Gasteiger partial charge in [0.2, 0.25) is 15.9 Å². The Bertz CT molecular complexity index is 923. The maximum absolute atomic E-state index is 12.9. The molecule has 1 fully saturated rings. The van der Waals surface area contributed by atoms with Crippen molar-refractivity contribution >= 4 is 15.9 Å². The zero-order chi connectivity index (χ0) is 18.9. The van der Waals surface area contributed by atoms with Crippen molar-refractivity contribution in [3.8, 4) is 0 Å². The molecule has 1 N–H and O–H groups in total. The molecule has 2 aliphatic rings. The third kappa shape index (κ3) is 3.73. The first kappa shape index (κ1) is 18.1. The van der Waals surface area contributed by atoms with Crippen LogP contribution in [0.25, 0.3) is 0 Å². The Morgan fingerprint density at radius 2 is 2.11 bits per heavy atom. The fourth-order valence-corrected chi connectivity index (χ4v) is 4.97. The Balaban J connectivity index is 1.52. The van der Waals surface area contributed by atoms with Crippen LogP contribution in [0.5, 0.6) is 0 Å². The average Bonchev–Trinajstić information content (AvgIpc) is 3.32. The first-order valence-electron chi connectivity index (χ1n) is 8.86. The Morgan fingerprint density at radius 3 is 2.85 bits per heavy atom. The van der Waals surface area contributed by atoms with E-state index < -0.39 is 10.0 Å². The topological polar surface area (TPSA) is 106 Å².